The normalized spacial score (nSPS) is 11.5. The van der Waals surface area contributed by atoms with Gasteiger partial charge in [-0.15, -0.1) is 0 Å². The Morgan fingerprint density at radius 3 is 2.29 bits per heavy atom. The topological polar surface area (TPSA) is 30.2 Å². The van der Waals surface area contributed by atoms with Crippen LogP contribution in [-0.2, 0) is 0 Å². The van der Waals surface area contributed by atoms with Crippen LogP contribution in [0, 0.1) is 19.7 Å². The van der Waals surface area contributed by atoms with E-state index in [-0.39, 0.29) is 5.82 Å². The van der Waals surface area contributed by atoms with Crippen LogP contribution >= 0.6 is 23.2 Å². The van der Waals surface area contributed by atoms with Crippen molar-refractivity contribution in [2.45, 2.75) is 13.8 Å². The quantitative estimate of drug-likeness (QED) is 0.442. The van der Waals surface area contributed by atoms with Gasteiger partial charge in [0.05, 0.1) is 27.9 Å². The SMILES string of the molecule is Cc1nc(-c2cc(Cl)cc(Cl)c2)n2c1c(C)nc1ccc(F)cc12. The lowest BCUT2D eigenvalue weighted by atomic mass is 10.2. The van der Waals surface area contributed by atoms with Crippen molar-refractivity contribution in [2.24, 2.45) is 0 Å². The average Bonchev–Trinajstić information content (AvgIpc) is 2.86. The Labute approximate surface area is 147 Å². The van der Waals surface area contributed by atoms with Gasteiger partial charge in [-0.25, -0.2) is 14.4 Å². The van der Waals surface area contributed by atoms with Gasteiger partial charge in [0.2, 0.25) is 0 Å². The Morgan fingerprint density at radius 2 is 1.58 bits per heavy atom. The number of halogens is 3. The molecule has 3 nitrogen and oxygen atoms in total. The van der Waals surface area contributed by atoms with E-state index in [2.05, 4.69) is 9.97 Å². The van der Waals surface area contributed by atoms with E-state index in [9.17, 15) is 4.39 Å². The molecule has 2 aromatic carbocycles. The summed E-state index contributed by atoms with van der Waals surface area (Å²) in [6.07, 6.45) is 0. The zero-order chi connectivity index (χ0) is 17.0. The molecular formula is C18H12Cl2FN3. The molecule has 120 valence electrons. The average molecular weight is 360 g/mol. The van der Waals surface area contributed by atoms with Crippen LogP contribution in [-0.4, -0.2) is 14.4 Å². The van der Waals surface area contributed by atoms with Crippen molar-refractivity contribution >= 4 is 39.8 Å². The minimum absolute atomic E-state index is 0.323. The van der Waals surface area contributed by atoms with E-state index < -0.39 is 0 Å². The van der Waals surface area contributed by atoms with E-state index in [1.807, 2.05) is 18.2 Å². The molecule has 0 N–H and O–H groups in total. The minimum Gasteiger partial charge on any atom is -0.289 e. The zero-order valence-electron chi connectivity index (χ0n) is 12.9. The third-order valence-corrected chi connectivity index (χ3v) is 4.42. The Hall–Kier alpha value is -2.17. The number of imidazole rings is 1. The van der Waals surface area contributed by atoms with Crippen LogP contribution < -0.4 is 0 Å². The number of hydrogen-bond donors (Lipinski definition) is 0. The van der Waals surface area contributed by atoms with E-state index in [1.54, 1.807) is 24.3 Å². The van der Waals surface area contributed by atoms with Gasteiger partial charge in [-0.3, -0.25) is 4.40 Å². The van der Waals surface area contributed by atoms with Crippen molar-refractivity contribution in [3.05, 3.63) is 63.6 Å². The van der Waals surface area contributed by atoms with Gasteiger partial charge in [-0.05, 0) is 44.2 Å². The second kappa shape index (κ2) is 5.43. The van der Waals surface area contributed by atoms with Gasteiger partial charge >= 0.3 is 0 Å². The highest BCUT2D eigenvalue weighted by molar-refractivity contribution is 6.35. The number of rotatable bonds is 1. The third kappa shape index (κ3) is 2.34. The van der Waals surface area contributed by atoms with Crippen LogP contribution in [0.5, 0.6) is 0 Å². The molecule has 0 aliphatic heterocycles. The molecule has 4 aromatic rings. The van der Waals surface area contributed by atoms with E-state index in [4.69, 9.17) is 23.2 Å². The van der Waals surface area contributed by atoms with Crippen LogP contribution in [0.4, 0.5) is 4.39 Å². The van der Waals surface area contributed by atoms with Crippen LogP contribution in [0.2, 0.25) is 10.0 Å². The highest BCUT2D eigenvalue weighted by atomic mass is 35.5. The first-order chi connectivity index (χ1) is 11.4. The lowest BCUT2D eigenvalue weighted by Gasteiger charge is -2.09. The smallest absolute Gasteiger partial charge is 0.145 e. The molecule has 0 aliphatic rings. The maximum Gasteiger partial charge on any atom is 0.145 e. The zero-order valence-corrected chi connectivity index (χ0v) is 14.5. The number of aryl methyl sites for hydroxylation is 2. The van der Waals surface area contributed by atoms with E-state index >= 15 is 0 Å². The second-order valence-electron chi connectivity index (χ2n) is 5.69. The van der Waals surface area contributed by atoms with Crippen molar-refractivity contribution in [1.29, 1.82) is 0 Å². The standard InChI is InChI=1S/C18H12Cl2FN3/c1-9-17-10(2)23-18(11-5-12(19)7-13(20)6-11)24(17)16-8-14(21)3-4-15(16)22-9/h3-8H,1-2H3. The summed E-state index contributed by atoms with van der Waals surface area (Å²) in [7, 11) is 0. The fourth-order valence-electron chi connectivity index (χ4n) is 3.07. The molecule has 2 aromatic heterocycles. The number of aromatic nitrogens is 3. The molecule has 0 radical (unpaired) electrons. The summed E-state index contributed by atoms with van der Waals surface area (Å²) in [5.74, 6) is 0.337. The highest BCUT2D eigenvalue weighted by Gasteiger charge is 2.17. The van der Waals surface area contributed by atoms with Gasteiger partial charge in [-0.2, -0.15) is 0 Å². The van der Waals surface area contributed by atoms with E-state index in [0.717, 1.165) is 22.5 Å². The van der Waals surface area contributed by atoms with E-state index in [0.29, 0.717) is 26.9 Å². The Morgan fingerprint density at radius 1 is 0.917 bits per heavy atom. The van der Waals surface area contributed by atoms with Crippen LogP contribution in [0.15, 0.2) is 36.4 Å². The molecule has 0 aliphatic carbocycles. The molecule has 0 amide bonds. The lowest BCUT2D eigenvalue weighted by molar-refractivity contribution is 0.629. The second-order valence-corrected chi connectivity index (χ2v) is 6.57. The van der Waals surface area contributed by atoms with Crippen molar-refractivity contribution in [3.63, 3.8) is 0 Å². The maximum absolute atomic E-state index is 13.8. The molecule has 0 saturated heterocycles. The van der Waals surface area contributed by atoms with Gasteiger partial charge in [0.25, 0.3) is 0 Å². The fourth-order valence-corrected chi connectivity index (χ4v) is 3.59. The molecule has 2 heterocycles. The summed E-state index contributed by atoms with van der Waals surface area (Å²) in [5.41, 5.74) is 4.64. The summed E-state index contributed by atoms with van der Waals surface area (Å²) >= 11 is 12.3. The molecule has 24 heavy (non-hydrogen) atoms. The van der Waals surface area contributed by atoms with Crippen LogP contribution in [0.1, 0.15) is 11.4 Å². The molecule has 0 atom stereocenters. The van der Waals surface area contributed by atoms with Crippen molar-refractivity contribution in [2.75, 3.05) is 0 Å². The maximum atomic E-state index is 13.8. The molecule has 0 fully saturated rings. The number of nitrogens with zero attached hydrogens (tertiary/aromatic N) is 3. The van der Waals surface area contributed by atoms with E-state index in [1.165, 1.54) is 12.1 Å². The molecule has 0 spiro atoms. The summed E-state index contributed by atoms with van der Waals surface area (Å²) in [6, 6.07) is 9.79. The highest BCUT2D eigenvalue weighted by Crippen LogP contribution is 2.31. The Kier molecular flexibility index (Phi) is 3.48. The summed E-state index contributed by atoms with van der Waals surface area (Å²) in [5, 5.41) is 1.04. The van der Waals surface area contributed by atoms with Gasteiger partial charge in [0.15, 0.2) is 0 Å². The fraction of sp³-hybridized carbons (Fsp3) is 0.111. The molecule has 6 heteroatoms. The molecule has 4 rings (SSSR count). The first kappa shape index (κ1) is 15.4. The number of fused-ring (bicyclic) bond motifs is 3. The number of benzene rings is 2. The molecular weight excluding hydrogens is 348 g/mol. The first-order valence-electron chi connectivity index (χ1n) is 7.35. The predicted molar refractivity (Wildman–Crippen MR) is 95.4 cm³/mol. The molecule has 0 bridgehead atoms. The van der Waals surface area contributed by atoms with Crippen molar-refractivity contribution in [1.82, 2.24) is 14.4 Å². The third-order valence-electron chi connectivity index (χ3n) is 3.98. The first-order valence-corrected chi connectivity index (χ1v) is 8.11. The summed E-state index contributed by atoms with van der Waals surface area (Å²) < 4.78 is 15.7. The number of hydrogen-bond acceptors (Lipinski definition) is 2. The van der Waals surface area contributed by atoms with Crippen LogP contribution in [0.3, 0.4) is 0 Å². The molecule has 0 unspecified atom stereocenters. The predicted octanol–water partition coefficient (Wildman–Crippen LogP) is 5.61. The lowest BCUT2D eigenvalue weighted by Crippen LogP contribution is -1.98. The van der Waals surface area contributed by atoms with Crippen molar-refractivity contribution < 1.29 is 4.39 Å². The van der Waals surface area contributed by atoms with Crippen LogP contribution in [0.25, 0.3) is 27.9 Å². The summed E-state index contributed by atoms with van der Waals surface area (Å²) in [6.45, 7) is 3.83. The monoisotopic (exact) mass is 359 g/mol. The largest absolute Gasteiger partial charge is 0.289 e. The van der Waals surface area contributed by atoms with Gasteiger partial charge in [-0.1, -0.05) is 23.2 Å². The van der Waals surface area contributed by atoms with Gasteiger partial charge in [0, 0.05) is 21.7 Å². The van der Waals surface area contributed by atoms with Gasteiger partial charge in [0.1, 0.15) is 11.6 Å². The molecule has 0 saturated carbocycles. The Bertz CT molecular complexity index is 1100. The summed E-state index contributed by atoms with van der Waals surface area (Å²) in [4.78, 5) is 9.23. The van der Waals surface area contributed by atoms with Crippen molar-refractivity contribution in [3.8, 4) is 11.4 Å². The Balaban J connectivity index is 2.20. The van der Waals surface area contributed by atoms with Gasteiger partial charge < -0.3 is 0 Å². The minimum atomic E-state index is -0.323.